The number of ketones is 1. The maximum absolute atomic E-state index is 12.7. The van der Waals surface area contributed by atoms with Crippen molar-refractivity contribution in [2.75, 3.05) is 33.4 Å². The first-order valence-electron chi connectivity index (χ1n) is 8.69. The fraction of sp³-hybridized carbons (Fsp3) is 0.474. The zero-order chi connectivity index (χ0) is 17.8. The topological polar surface area (TPSA) is 71.6 Å². The summed E-state index contributed by atoms with van der Waals surface area (Å²) in [6.07, 6.45) is 3.25. The molecule has 0 aliphatic carbocycles. The Kier molecular flexibility index (Phi) is 5.38. The highest BCUT2D eigenvalue weighted by Gasteiger charge is 2.27. The summed E-state index contributed by atoms with van der Waals surface area (Å²) in [6.45, 7) is 4.07. The number of hydrogen-bond donors (Lipinski definition) is 1. The van der Waals surface area contributed by atoms with Gasteiger partial charge in [0.05, 0.1) is 26.2 Å². The van der Waals surface area contributed by atoms with Crippen LogP contribution >= 0.6 is 0 Å². The molecular weight excluding hydrogens is 320 g/mol. The van der Waals surface area contributed by atoms with Gasteiger partial charge in [-0.05, 0) is 51.1 Å². The standard InChI is InChI=1S/C19H24N2O4/c1-3-25-19(23)13-6-8-21(9-7-13)12-18(22)16-11-20-17-5-4-14(24-2)10-15(16)17/h4-5,10-11,13,20H,3,6-9,12H2,1-2H3. The maximum atomic E-state index is 12.7. The number of piperidine rings is 1. The molecule has 1 aromatic carbocycles. The zero-order valence-corrected chi connectivity index (χ0v) is 14.7. The number of methoxy groups -OCH3 is 1. The van der Waals surface area contributed by atoms with Crippen LogP contribution in [0.2, 0.25) is 0 Å². The Morgan fingerprint density at radius 1 is 1.28 bits per heavy atom. The van der Waals surface area contributed by atoms with Crippen LogP contribution in [-0.2, 0) is 9.53 Å². The highest BCUT2D eigenvalue weighted by Crippen LogP contribution is 2.25. The summed E-state index contributed by atoms with van der Waals surface area (Å²) in [6, 6.07) is 5.66. The third kappa shape index (κ3) is 3.85. The molecule has 6 heteroatoms. The Hall–Kier alpha value is -2.34. The predicted octanol–water partition coefficient (Wildman–Crippen LogP) is 2.63. The van der Waals surface area contributed by atoms with E-state index in [0.29, 0.717) is 18.7 Å². The van der Waals surface area contributed by atoms with E-state index in [1.165, 1.54) is 0 Å². The van der Waals surface area contributed by atoms with Crippen molar-refractivity contribution in [3.05, 3.63) is 30.0 Å². The van der Waals surface area contributed by atoms with Crippen LogP contribution in [-0.4, -0.2) is 55.0 Å². The first-order chi connectivity index (χ1) is 12.1. The Labute approximate surface area is 147 Å². The minimum Gasteiger partial charge on any atom is -0.497 e. The highest BCUT2D eigenvalue weighted by molar-refractivity contribution is 6.09. The average molecular weight is 344 g/mol. The second kappa shape index (κ2) is 7.70. The molecule has 3 rings (SSSR count). The van der Waals surface area contributed by atoms with Gasteiger partial charge in [0.1, 0.15) is 5.75 Å². The van der Waals surface area contributed by atoms with E-state index in [2.05, 4.69) is 9.88 Å². The number of H-pyrrole nitrogens is 1. The number of hydrogen-bond acceptors (Lipinski definition) is 5. The van der Waals surface area contributed by atoms with Crippen LogP contribution < -0.4 is 4.74 Å². The third-order valence-electron chi connectivity index (χ3n) is 4.76. The van der Waals surface area contributed by atoms with Crippen molar-refractivity contribution in [1.29, 1.82) is 0 Å². The zero-order valence-electron chi connectivity index (χ0n) is 14.7. The van der Waals surface area contributed by atoms with Crippen LogP contribution in [0.4, 0.5) is 0 Å². The van der Waals surface area contributed by atoms with Gasteiger partial charge in [0, 0.05) is 22.7 Å². The van der Waals surface area contributed by atoms with Gasteiger partial charge in [0.2, 0.25) is 0 Å². The SMILES string of the molecule is CCOC(=O)C1CCN(CC(=O)c2c[nH]c3ccc(OC)cc23)CC1. The predicted molar refractivity (Wildman–Crippen MR) is 95.0 cm³/mol. The number of fused-ring (bicyclic) bond motifs is 1. The number of Topliss-reactive ketones (excluding diaryl/α,β-unsaturated/α-hetero) is 1. The number of likely N-dealkylation sites (tertiary alicyclic amines) is 1. The number of nitrogens with zero attached hydrogens (tertiary/aromatic N) is 1. The number of rotatable bonds is 6. The first kappa shape index (κ1) is 17.5. The molecule has 0 saturated carbocycles. The van der Waals surface area contributed by atoms with Gasteiger partial charge in [-0.25, -0.2) is 0 Å². The van der Waals surface area contributed by atoms with Crippen molar-refractivity contribution in [1.82, 2.24) is 9.88 Å². The second-order valence-electron chi connectivity index (χ2n) is 6.34. The van der Waals surface area contributed by atoms with Gasteiger partial charge in [-0.1, -0.05) is 0 Å². The lowest BCUT2D eigenvalue weighted by Gasteiger charge is -2.30. The second-order valence-corrected chi connectivity index (χ2v) is 6.34. The summed E-state index contributed by atoms with van der Waals surface area (Å²) in [7, 11) is 1.61. The maximum Gasteiger partial charge on any atom is 0.309 e. The quantitative estimate of drug-likeness (QED) is 0.644. The third-order valence-corrected chi connectivity index (χ3v) is 4.76. The van der Waals surface area contributed by atoms with Crippen molar-refractivity contribution in [3.8, 4) is 5.75 Å². The molecule has 25 heavy (non-hydrogen) atoms. The molecule has 2 heterocycles. The first-order valence-corrected chi connectivity index (χ1v) is 8.69. The van der Waals surface area contributed by atoms with Crippen LogP contribution in [0.25, 0.3) is 10.9 Å². The molecule has 0 amide bonds. The van der Waals surface area contributed by atoms with Gasteiger partial charge in [-0.3, -0.25) is 14.5 Å². The van der Waals surface area contributed by atoms with E-state index in [-0.39, 0.29) is 17.7 Å². The molecule has 0 spiro atoms. The number of aromatic nitrogens is 1. The van der Waals surface area contributed by atoms with Crippen molar-refractivity contribution < 1.29 is 19.1 Å². The molecule has 1 aliphatic rings. The lowest BCUT2D eigenvalue weighted by atomic mass is 9.96. The Morgan fingerprint density at radius 2 is 2.04 bits per heavy atom. The Balaban J connectivity index is 1.63. The number of ether oxygens (including phenoxy) is 2. The summed E-state index contributed by atoms with van der Waals surface area (Å²) in [4.78, 5) is 29.8. The van der Waals surface area contributed by atoms with Crippen LogP contribution in [0.3, 0.4) is 0 Å². The van der Waals surface area contributed by atoms with Gasteiger partial charge in [0.15, 0.2) is 5.78 Å². The molecule has 1 N–H and O–H groups in total. The van der Waals surface area contributed by atoms with Crippen molar-refractivity contribution in [2.24, 2.45) is 5.92 Å². The molecule has 1 aliphatic heterocycles. The largest absolute Gasteiger partial charge is 0.497 e. The van der Waals surface area contributed by atoms with Gasteiger partial charge in [-0.15, -0.1) is 0 Å². The van der Waals surface area contributed by atoms with E-state index in [0.717, 1.165) is 42.6 Å². The minimum absolute atomic E-state index is 0.0383. The van der Waals surface area contributed by atoms with Gasteiger partial charge in [0.25, 0.3) is 0 Å². The van der Waals surface area contributed by atoms with Crippen LogP contribution in [0.15, 0.2) is 24.4 Å². The van der Waals surface area contributed by atoms with Gasteiger partial charge in [-0.2, -0.15) is 0 Å². The summed E-state index contributed by atoms with van der Waals surface area (Å²) >= 11 is 0. The molecule has 0 radical (unpaired) electrons. The van der Waals surface area contributed by atoms with E-state index < -0.39 is 0 Å². The van der Waals surface area contributed by atoms with Gasteiger partial charge >= 0.3 is 5.97 Å². The molecule has 1 fully saturated rings. The molecule has 0 unspecified atom stereocenters. The van der Waals surface area contributed by atoms with Crippen LogP contribution in [0.1, 0.15) is 30.1 Å². The molecule has 1 aromatic heterocycles. The van der Waals surface area contributed by atoms with Gasteiger partial charge < -0.3 is 14.5 Å². The monoisotopic (exact) mass is 344 g/mol. The van der Waals surface area contributed by atoms with E-state index in [9.17, 15) is 9.59 Å². The van der Waals surface area contributed by atoms with E-state index in [1.54, 1.807) is 13.3 Å². The van der Waals surface area contributed by atoms with E-state index >= 15 is 0 Å². The van der Waals surface area contributed by atoms with Crippen molar-refractivity contribution in [2.45, 2.75) is 19.8 Å². The molecule has 6 nitrogen and oxygen atoms in total. The van der Waals surface area contributed by atoms with Crippen molar-refractivity contribution >= 4 is 22.7 Å². The van der Waals surface area contributed by atoms with E-state index in [1.807, 2.05) is 25.1 Å². The molecular formula is C19H24N2O4. The lowest BCUT2D eigenvalue weighted by Crippen LogP contribution is -2.39. The summed E-state index contributed by atoms with van der Waals surface area (Å²) in [5.41, 5.74) is 1.60. The fourth-order valence-electron chi connectivity index (χ4n) is 3.33. The highest BCUT2D eigenvalue weighted by atomic mass is 16.5. The Bertz CT molecular complexity index is 760. The molecule has 0 bridgehead atoms. The smallest absolute Gasteiger partial charge is 0.309 e. The minimum atomic E-state index is -0.114. The molecule has 2 aromatic rings. The average Bonchev–Trinajstić information content (AvgIpc) is 3.05. The van der Waals surface area contributed by atoms with E-state index in [4.69, 9.17) is 9.47 Å². The molecule has 0 atom stereocenters. The number of esters is 1. The summed E-state index contributed by atoms with van der Waals surface area (Å²) in [5, 5.41) is 0.880. The Morgan fingerprint density at radius 3 is 2.72 bits per heavy atom. The lowest BCUT2D eigenvalue weighted by molar-refractivity contribution is -0.149. The van der Waals surface area contributed by atoms with Crippen molar-refractivity contribution in [3.63, 3.8) is 0 Å². The number of carbonyl (C=O) groups excluding carboxylic acids is 2. The normalized spacial score (nSPS) is 16.1. The molecule has 134 valence electrons. The van der Waals surface area contributed by atoms with Crippen LogP contribution in [0.5, 0.6) is 5.75 Å². The fourth-order valence-corrected chi connectivity index (χ4v) is 3.33. The van der Waals surface area contributed by atoms with Crippen LogP contribution in [0, 0.1) is 5.92 Å². The summed E-state index contributed by atoms with van der Waals surface area (Å²) in [5.74, 6) is 0.659. The summed E-state index contributed by atoms with van der Waals surface area (Å²) < 4.78 is 10.3. The number of benzene rings is 1. The number of aromatic amines is 1. The molecule has 1 saturated heterocycles. The number of carbonyl (C=O) groups is 2. The number of nitrogens with one attached hydrogen (secondary N) is 1.